The highest BCUT2D eigenvalue weighted by Gasteiger charge is 2.47. The largest absolute Gasteiger partial charge is 0.349 e. The third-order valence-electron chi connectivity index (χ3n) is 4.54. The molecule has 11 heteroatoms. The molecule has 2 unspecified atom stereocenters. The van der Waals surface area contributed by atoms with Gasteiger partial charge < -0.3 is 10.2 Å². The van der Waals surface area contributed by atoms with Crippen molar-refractivity contribution in [3.05, 3.63) is 37.2 Å². The number of carbonyl (C=O) groups excluding carboxylic acids is 2. The molecule has 0 aliphatic carbocycles. The molecule has 2 atom stereocenters. The molecule has 2 aromatic rings. The molecule has 2 aliphatic heterocycles. The monoisotopic (exact) mass is 398 g/mol. The van der Waals surface area contributed by atoms with Crippen molar-refractivity contribution in [2.24, 2.45) is 4.99 Å². The fourth-order valence-corrected chi connectivity index (χ4v) is 3.97. The smallest absolute Gasteiger partial charge is 0.328 e. The molecule has 0 spiro atoms. The predicted octanol–water partition coefficient (Wildman–Crippen LogP) is 0.796. The van der Waals surface area contributed by atoms with Crippen LogP contribution in [0.25, 0.3) is 11.4 Å². The van der Waals surface area contributed by atoms with Crippen molar-refractivity contribution in [3.63, 3.8) is 0 Å². The number of pyridine rings is 1. The molecular weight excluding hydrogens is 380 g/mol. The van der Waals surface area contributed by atoms with Gasteiger partial charge in [-0.25, -0.2) is 9.79 Å². The standard InChI is InChI=1S/C17H18N8O2S/c1-4-8-25-12(10-6-5-7-18-9-10)21-22-16(25)28-15-19-11-13(20-15)23(2)17(27)24(3)14(11)26/h4-7,9,11,13H,1,8H2,2-3H3,(H,19,20). The summed E-state index contributed by atoms with van der Waals surface area (Å²) in [4.78, 5) is 35.7. The second-order valence-electron chi connectivity index (χ2n) is 6.31. The Balaban J connectivity index is 1.62. The minimum atomic E-state index is -0.608. The number of amidine groups is 1. The van der Waals surface area contributed by atoms with Gasteiger partial charge in [0.15, 0.2) is 22.3 Å². The van der Waals surface area contributed by atoms with Crippen molar-refractivity contribution in [2.75, 3.05) is 14.1 Å². The molecule has 0 radical (unpaired) electrons. The van der Waals surface area contributed by atoms with E-state index in [0.717, 1.165) is 10.5 Å². The van der Waals surface area contributed by atoms with E-state index in [9.17, 15) is 9.59 Å². The number of rotatable bonds is 4. The van der Waals surface area contributed by atoms with Crippen molar-refractivity contribution in [3.8, 4) is 11.4 Å². The van der Waals surface area contributed by atoms with Crippen molar-refractivity contribution < 1.29 is 9.59 Å². The minimum Gasteiger partial charge on any atom is -0.349 e. The Bertz CT molecular complexity index is 973. The summed E-state index contributed by atoms with van der Waals surface area (Å²) < 4.78 is 1.89. The summed E-state index contributed by atoms with van der Waals surface area (Å²) >= 11 is 1.26. The minimum absolute atomic E-state index is 0.309. The number of allylic oxidation sites excluding steroid dienone is 1. The lowest BCUT2D eigenvalue weighted by atomic mass is 10.1. The van der Waals surface area contributed by atoms with E-state index in [0.29, 0.717) is 22.7 Å². The Hall–Kier alpha value is -3.21. The maximum absolute atomic E-state index is 12.4. The lowest BCUT2D eigenvalue weighted by molar-refractivity contribution is -0.133. The number of fused-ring (bicyclic) bond motifs is 1. The maximum Gasteiger partial charge on any atom is 0.328 e. The Morgan fingerprint density at radius 1 is 1.32 bits per heavy atom. The summed E-state index contributed by atoms with van der Waals surface area (Å²) in [6.07, 6.45) is 4.58. The van der Waals surface area contributed by atoms with E-state index in [1.54, 1.807) is 25.5 Å². The molecule has 4 heterocycles. The van der Waals surface area contributed by atoms with Crippen molar-refractivity contribution >= 4 is 28.9 Å². The zero-order valence-electron chi connectivity index (χ0n) is 15.3. The van der Waals surface area contributed by atoms with Gasteiger partial charge in [-0.05, 0) is 23.9 Å². The first kappa shape index (κ1) is 18.2. The van der Waals surface area contributed by atoms with Gasteiger partial charge in [0.25, 0.3) is 5.91 Å². The van der Waals surface area contributed by atoms with Gasteiger partial charge in [-0.15, -0.1) is 16.8 Å². The zero-order valence-corrected chi connectivity index (χ0v) is 16.1. The maximum atomic E-state index is 12.4. The number of carbonyl (C=O) groups is 2. The van der Waals surface area contributed by atoms with E-state index in [1.807, 2.05) is 16.7 Å². The molecule has 4 rings (SSSR count). The highest BCUT2D eigenvalue weighted by molar-refractivity contribution is 8.13. The number of imide groups is 1. The van der Waals surface area contributed by atoms with Crippen molar-refractivity contribution in [2.45, 2.75) is 23.9 Å². The average Bonchev–Trinajstić information content (AvgIpc) is 3.31. The number of amides is 3. The van der Waals surface area contributed by atoms with E-state index in [-0.39, 0.29) is 11.9 Å². The molecule has 144 valence electrons. The fraction of sp³-hybridized carbons (Fsp3) is 0.294. The predicted molar refractivity (Wildman–Crippen MR) is 103 cm³/mol. The van der Waals surface area contributed by atoms with Crippen LogP contribution in [0.1, 0.15) is 0 Å². The molecule has 3 amide bonds. The third kappa shape index (κ3) is 2.93. The second kappa shape index (κ2) is 7.08. The van der Waals surface area contributed by atoms with Gasteiger partial charge in [0.2, 0.25) is 0 Å². The van der Waals surface area contributed by atoms with E-state index >= 15 is 0 Å². The summed E-state index contributed by atoms with van der Waals surface area (Å²) in [6.45, 7) is 4.30. The van der Waals surface area contributed by atoms with Crippen LogP contribution < -0.4 is 5.32 Å². The van der Waals surface area contributed by atoms with E-state index in [1.165, 1.54) is 23.7 Å². The fourth-order valence-electron chi connectivity index (χ4n) is 3.10. The topological polar surface area (TPSA) is 109 Å². The van der Waals surface area contributed by atoms with E-state index in [2.05, 4.69) is 32.1 Å². The Morgan fingerprint density at radius 2 is 2.14 bits per heavy atom. The van der Waals surface area contributed by atoms with Gasteiger partial charge in [0.1, 0.15) is 6.04 Å². The van der Waals surface area contributed by atoms with Gasteiger partial charge >= 0.3 is 6.03 Å². The first-order valence-electron chi connectivity index (χ1n) is 8.52. The summed E-state index contributed by atoms with van der Waals surface area (Å²) in [5, 5.41) is 12.7. The van der Waals surface area contributed by atoms with Crippen molar-refractivity contribution in [1.82, 2.24) is 34.9 Å². The molecule has 1 N–H and O–H groups in total. The van der Waals surface area contributed by atoms with Crippen LogP contribution in [0.2, 0.25) is 0 Å². The highest BCUT2D eigenvalue weighted by atomic mass is 32.2. The molecule has 0 saturated carbocycles. The number of nitrogens with zero attached hydrogens (tertiary/aromatic N) is 7. The van der Waals surface area contributed by atoms with Gasteiger partial charge in [-0.2, -0.15) is 0 Å². The SMILES string of the molecule is C=CCn1c(SC2=NC3C(N2)C(=O)N(C)C(=O)N3C)nnc1-c1cccnc1. The number of nitrogens with one attached hydrogen (secondary N) is 1. The molecule has 1 saturated heterocycles. The molecular formula is C17H18N8O2S. The number of likely N-dealkylation sites (N-methyl/N-ethyl adjacent to an activating group) is 2. The zero-order chi connectivity index (χ0) is 19.8. The molecule has 2 aliphatic rings. The summed E-state index contributed by atoms with van der Waals surface area (Å²) in [5.41, 5.74) is 0.834. The number of hydrogen-bond acceptors (Lipinski definition) is 8. The Kier molecular flexibility index (Phi) is 4.59. The molecule has 28 heavy (non-hydrogen) atoms. The average molecular weight is 398 g/mol. The van der Waals surface area contributed by atoms with Crippen LogP contribution in [0, 0.1) is 0 Å². The number of hydrogen-bond donors (Lipinski definition) is 1. The van der Waals surface area contributed by atoms with E-state index < -0.39 is 12.2 Å². The molecule has 2 aromatic heterocycles. The van der Waals surface area contributed by atoms with Crippen LogP contribution in [0.3, 0.4) is 0 Å². The Morgan fingerprint density at radius 3 is 2.86 bits per heavy atom. The van der Waals surface area contributed by atoms with Crippen molar-refractivity contribution in [1.29, 1.82) is 0 Å². The second-order valence-corrected chi connectivity index (χ2v) is 7.27. The molecule has 0 aromatic carbocycles. The number of aromatic nitrogens is 4. The summed E-state index contributed by atoms with van der Waals surface area (Å²) in [5.74, 6) is 0.352. The quantitative estimate of drug-likeness (QED) is 0.759. The van der Waals surface area contributed by atoms with Gasteiger partial charge in [-0.1, -0.05) is 6.08 Å². The molecule has 1 fully saturated rings. The van der Waals surface area contributed by atoms with E-state index in [4.69, 9.17) is 0 Å². The first-order valence-corrected chi connectivity index (χ1v) is 9.34. The Labute approximate surface area is 165 Å². The van der Waals surface area contributed by atoms with Gasteiger partial charge in [0, 0.05) is 38.6 Å². The summed E-state index contributed by atoms with van der Waals surface area (Å²) in [6, 6.07) is 2.75. The number of aliphatic imine (C=N–C) groups is 1. The van der Waals surface area contributed by atoms with Gasteiger partial charge in [-0.3, -0.25) is 19.2 Å². The number of thioether (sulfide) groups is 1. The molecule has 0 bridgehead atoms. The van der Waals surface area contributed by atoms with Crippen LogP contribution in [0.4, 0.5) is 4.79 Å². The number of urea groups is 1. The van der Waals surface area contributed by atoms with Crippen LogP contribution in [0.15, 0.2) is 47.3 Å². The third-order valence-corrected chi connectivity index (χ3v) is 5.45. The van der Waals surface area contributed by atoms with Crippen LogP contribution in [-0.2, 0) is 11.3 Å². The van der Waals surface area contributed by atoms with Gasteiger partial charge in [0.05, 0.1) is 0 Å². The lowest BCUT2D eigenvalue weighted by Gasteiger charge is -2.36. The highest BCUT2D eigenvalue weighted by Crippen LogP contribution is 2.28. The van der Waals surface area contributed by atoms with Crippen LogP contribution in [0.5, 0.6) is 0 Å². The van der Waals surface area contributed by atoms with Crippen LogP contribution in [-0.4, -0.2) is 73.0 Å². The normalized spacial score (nSPS) is 21.4. The summed E-state index contributed by atoms with van der Waals surface area (Å²) in [7, 11) is 3.09. The molecule has 10 nitrogen and oxygen atoms in total. The van der Waals surface area contributed by atoms with Crippen LogP contribution >= 0.6 is 11.8 Å². The first-order chi connectivity index (χ1) is 13.5. The lowest BCUT2D eigenvalue weighted by Crippen LogP contribution is -2.63.